The number of hydrogen-bond acceptors (Lipinski definition) is 7. The summed E-state index contributed by atoms with van der Waals surface area (Å²) in [7, 11) is 0. The van der Waals surface area contributed by atoms with E-state index >= 15 is 0 Å². The minimum Gasteiger partial charge on any atom is -0.454 e. The van der Waals surface area contributed by atoms with Crippen molar-refractivity contribution >= 4 is 45.2 Å². The third-order valence-corrected chi connectivity index (χ3v) is 13.9. The summed E-state index contributed by atoms with van der Waals surface area (Å²) in [5, 5.41) is 2.24. The van der Waals surface area contributed by atoms with Crippen LogP contribution in [0.2, 0.25) is 0 Å². The number of rotatable bonds is 2. The second-order valence-corrected chi connectivity index (χ2v) is 18.1. The van der Waals surface area contributed by atoms with E-state index in [1.54, 1.807) is 0 Å². The number of aliphatic imine (C=N–C) groups is 2. The number of anilines is 2. The molecule has 0 amide bonds. The van der Waals surface area contributed by atoms with Crippen LogP contribution in [0.1, 0.15) is 111 Å². The van der Waals surface area contributed by atoms with E-state index in [0.29, 0.717) is 0 Å². The summed E-state index contributed by atoms with van der Waals surface area (Å²) in [6.45, 7) is 37.1. The van der Waals surface area contributed by atoms with Gasteiger partial charge in [-0.15, -0.1) is 0 Å². The zero-order chi connectivity index (χ0) is 33.3. The van der Waals surface area contributed by atoms with Gasteiger partial charge in [-0.1, -0.05) is 12.1 Å². The van der Waals surface area contributed by atoms with Crippen molar-refractivity contribution in [2.75, 3.05) is 9.80 Å². The lowest BCUT2D eigenvalue weighted by Crippen LogP contribution is -2.63. The fourth-order valence-electron chi connectivity index (χ4n) is 8.65. The van der Waals surface area contributed by atoms with Crippen molar-refractivity contribution in [2.45, 2.75) is 155 Å². The van der Waals surface area contributed by atoms with Crippen LogP contribution in [0.4, 0.5) is 11.4 Å². The lowest BCUT2D eigenvalue weighted by atomic mass is 9.76. The molecule has 7 rings (SSSR count). The van der Waals surface area contributed by atoms with Crippen molar-refractivity contribution in [3.05, 3.63) is 36.4 Å². The molecule has 0 aliphatic carbocycles. The van der Waals surface area contributed by atoms with Crippen LogP contribution in [0.15, 0.2) is 50.8 Å². The normalized spacial score (nSPS) is 27.3. The van der Waals surface area contributed by atoms with Gasteiger partial charge in [0.05, 0.1) is 50.0 Å². The van der Waals surface area contributed by atoms with Gasteiger partial charge in [0.15, 0.2) is 5.58 Å². The van der Waals surface area contributed by atoms with Crippen LogP contribution in [0, 0.1) is 0 Å². The van der Waals surface area contributed by atoms with Gasteiger partial charge in [0.25, 0.3) is 0 Å². The molecule has 0 atom stereocenters. The van der Waals surface area contributed by atoms with Gasteiger partial charge in [-0.25, -0.2) is 9.98 Å². The Hall–Kier alpha value is -3.22. The smallest absolute Gasteiger partial charge is 0.203 e. The Bertz CT molecular complexity index is 1850. The highest BCUT2D eigenvalue weighted by molar-refractivity contribution is 6.15. The van der Waals surface area contributed by atoms with Crippen LogP contribution in [0.3, 0.4) is 0 Å². The number of fused-ring (bicyclic) bond motifs is 5. The first-order chi connectivity index (χ1) is 20.4. The Balaban J connectivity index is 1.41. The summed E-state index contributed by atoms with van der Waals surface area (Å²) in [5.41, 5.74) is 2.51. The Kier molecular flexibility index (Phi) is 5.41. The van der Waals surface area contributed by atoms with Gasteiger partial charge < -0.3 is 24.0 Å². The predicted molar refractivity (Wildman–Crippen MR) is 190 cm³/mol. The summed E-state index contributed by atoms with van der Waals surface area (Å²) < 4.78 is 6.80. The van der Waals surface area contributed by atoms with Crippen LogP contribution >= 0.6 is 0 Å². The Morgan fingerprint density at radius 2 is 1.00 bits per heavy atom. The third-order valence-electron chi connectivity index (χ3n) is 13.9. The fraction of sp³-hybridized carbons (Fsp3) is 0.632. The molecule has 0 radical (unpaired) electrons. The maximum Gasteiger partial charge on any atom is 0.203 e. The molecule has 5 heterocycles. The third kappa shape index (κ3) is 3.23. The molecule has 45 heavy (non-hydrogen) atoms. The summed E-state index contributed by atoms with van der Waals surface area (Å²) in [5.74, 6) is 2.08. The summed E-state index contributed by atoms with van der Waals surface area (Å²) in [4.78, 5) is 20.8. The number of hydrogen-bond donors (Lipinski definition) is 0. The number of nitrogens with zero attached hydrogens (tertiary/aromatic N) is 6. The highest BCUT2D eigenvalue weighted by Gasteiger charge is 2.67. The number of para-hydroxylation sites is 1. The van der Waals surface area contributed by atoms with E-state index in [-0.39, 0.29) is 44.3 Å². The molecule has 2 aromatic carbocycles. The van der Waals surface area contributed by atoms with Gasteiger partial charge in [0.1, 0.15) is 5.58 Å². The van der Waals surface area contributed by atoms with Gasteiger partial charge >= 0.3 is 0 Å². The topological polar surface area (TPSA) is 50.8 Å². The van der Waals surface area contributed by atoms with Crippen molar-refractivity contribution in [3.8, 4) is 0 Å². The van der Waals surface area contributed by atoms with Crippen molar-refractivity contribution in [1.82, 2.24) is 9.80 Å². The second kappa shape index (κ2) is 8.01. The SMILES string of the molecule is CC1(C)N=C2N(c3ccc4oc5c(N6C7=NC(C)(C)C(C)(C)N7C(C)(C)C6(C)C)cccc5c4c3)C(C)(C)C(C)(C)N2C1(C)C. The van der Waals surface area contributed by atoms with Crippen molar-refractivity contribution < 1.29 is 4.42 Å². The molecule has 0 N–H and O–H groups in total. The van der Waals surface area contributed by atoms with Gasteiger partial charge in [0.2, 0.25) is 11.9 Å². The van der Waals surface area contributed by atoms with E-state index in [1.807, 2.05) is 0 Å². The molecule has 242 valence electrons. The lowest BCUT2D eigenvalue weighted by Gasteiger charge is -2.50. The molecule has 7 nitrogen and oxygen atoms in total. The highest BCUT2D eigenvalue weighted by atomic mass is 16.3. The van der Waals surface area contributed by atoms with E-state index in [2.05, 4.69) is 167 Å². The molecular formula is C38H54N6O. The van der Waals surface area contributed by atoms with Gasteiger partial charge in [0, 0.05) is 16.5 Å². The molecule has 0 bridgehead atoms. The van der Waals surface area contributed by atoms with Crippen molar-refractivity contribution in [3.63, 3.8) is 0 Å². The zero-order valence-electron chi connectivity index (χ0n) is 30.6. The first-order valence-corrected chi connectivity index (χ1v) is 16.7. The summed E-state index contributed by atoms with van der Waals surface area (Å²) in [6, 6.07) is 13.3. The Morgan fingerprint density at radius 3 is 1.53 bits per heavy atom. The first-order valence-electron chi connectivity index (χ1n) is 16.7. The average Bonchev–Trinajstić information content (AvgIpc) is 3.49. The van der Waals surface area contributed by atoms with E-state index in [4.69, 9.17) is 14.4 Å². The number of benzene rings is 2. The molecule has 2 saturated heterocycles. The molecule has 2 fully saturated rings. The zero-order valence-corrected chi connectivity index (χ0v) is 30.6. The van der Waals surface area contributed by atoms with Gasteiger partial charge in [-0.2, -0.15) is 0 Å². The van der Waals surface area contributed by atoms with E-state index in [0.717, 1.165) is 45.2 Å². The van der Waals surface area contributed by atoms with Crippen molar-refractivity contribution in [2.24, 2.45) is 9.98 Å². The van der Waals surface area contributed by atoms with Crippen LogP contribution in [0.5, 0.6) is 0 Å². The van der Waals surface area contributed by atoms with Crippen molar-refractivity contribution in [1.29, 1.82) is 0 Å². The Morgan fingerprint density at radius 1 is 0.511 bits per heavy atom. The number of furan rings is 1. The maximum atomic E-state index is 6.80. The largest absolute Gasteiger partial charge is 0.454 e. The van der Waals surface area contributed by atoms with E-state index < -0.39 is 0 Å². The standard InChI is InChI=1S/C38H54N6O/c1-31(2)33(5,6)43-29(39-31)41(35(9,10)37(43,13)14)23-20-21-27-25(22-23)24-18-17-19-26(28(24)45-27)42-30-40-32(3,4)34(7,8)44(30)38(15,16)36(42,11)12/h17-22H,1-16H3. The lowest BCUT2D eigenvalue weighted by molar-refractivity contribution is 0.0528. The highest BCUT2D eigenvalue weighted by Crippen LogP contribution is 2.56. The molecule has 4 aliphatic heterocycles. The second-order valence-electron chi connectivity index (χ2n) is 18.1. The maximum absolute atomic E-state index is 6.80. The van der Waals surface area contributed by atoms with E-state index in [1.165, 1.54) is 0 Å². The molecular weight excluding hydrogens is 556 g/mol. The minimum atomic E-state index is -0.243. The average molecular weight is 611 g/mol. The fourth-order valence-corrected chi connectivity index (χ4v) is 8.65. The molecule has 7 heteroatoms. The summed E-state index contributed by atoms with van der Waals surface area (Å²) in [6.07, 6.45) is 0. The molecule has 1 aromatic heterocycles. The quantitative estimate of drug-likeness (QED) is 0.290. The summed E-state index contributed by atoms with van der Waals surface area (Å²) >= 11 is 0. The first kappa shape index (κ1) is 30.4. The van der Waals surface area contributed by atoms with Crippen LogP contribution < -0.4 is 9.80 Å². The van der Waals surface area contributed by atoms with Crippen LogP contribution in [-0.2, 0) is 0 Å². The Labute approximate surface area is 270 Å². The van der Waals surface area contributed by atoms with Gasteiger partial charge in [-0.3, -0.25) is 0 Å². The van der Waals surface area contributed by atoms with E-state index in [9.17, 15) is 0 Å². The predicted octanol–water partition coefficient (Wildman–Crippen LogP) is 8.80. The van der Waals surface area contributed by atoms with Gasteiger partial charge in [-0.05, 0) is 135 Å². The molecule has 0 saturated carbocycles. The molecule has 0 unspecified atom stereocenters. The van der Waals surface area contributed by atoms with Crippen LogP contribution in [-0.4, -0.2) is 66.0 Å². The van der Waals surface area contributed by atoms with Crippen LogP contribution in [0.25, 0.3) is 21.9 Å². The minimum absolute atomic E-state index is 0.129. The molecule has 0 spiro atoms. The molecule has 4 aliphatic rings. The molecule has 3 aromatic rings. The number of guanidine groups is 2. The monoisotopic (exact) mass is 610 g/mol.